The van der Waals surface area contributed by atoms with Crippen LogP contribution in [-0.4, -0.2) is 60.7 Å². The van der Waals surface area contributed by atoms with Gasteiger partial charge in [0.2, 0.25) is 0 Å². The van der Waals surface area contributed by atoms with E-state index >= 15 is 0 Å². The second kappa shape index (κ2) is 43.1. The van der Waals surface area contributed by atoms with Crippen molar-refractivity contribution in [3.63, 3.8) is 0 Å². The van der Waals surface area contributed by atoms with E-state index < -0.39 is 23.9 Å². The Kier molecular flexibility index (Phi) is 110. The predicted octanol–water partition coefficient (Wildman–Crippen LogP) is -4.99. The van der Waals surface area contributed by atoms with E-state index in [-0.39, 0.29) is 47.4 Å². The van der Waals surface area contributed by atoms with Crippen LogP contribution < -0.4 is 29.6 Å². The second-order valence-corrected chi connectivity index (χ2v) is 2.08. The zero-order valence-corrected chi connectivity index (χ0v) is 13.9. The Morgan fingerprint density at radius 3 is 0.550 bits per heavy atom. The molecule has 0 heterocycles. The fraction of sp³-hybridized carbons (Fsp3) is 0.500. The molecule has 0 spiro atoms. The Hall–Kier alpha value is -1.24. The Balaban J connectivity index is -0.0000000121. The molecule has 0 radical (unpaired) electrons. The molecule has 0 bridgehead atoms. The first-order valence-corrected chi connectivity index (χ1v) is 3.71. The van der Waals surface area contributed by atoms with Crippen molar-refractivity contribution in [3.8, 4) is 0 Å². The molecule has 0 amide bonds. The van der Waals surface area contributed by atoms with Crippen LogP contribution in [0.3, 0.4) is 0 Å². The van der Waals surface area contributed by atoms with Crippen LogP contribution in [0.2, 0.25) is 0 Å². The molecular weight excluding hydrogens is 295 g/mol. The van der Waals surface area contributed by atoms with E-state index in [1.165, 1.54) is 0 Å². The maximum absolute atomic E-state index is 9.00. The van der Waals surface area contributed by atoms with E-state index in [1.54, 1.807) is 0 Å². The van der Waals surface area contributed by atoms with Crippen LogP contribution in [0, 0.1) is 0 Å². The smallest absolute Gasteiger partial charge is 1.00 e. The van der Waals surface area contributed by atoms with Crippen LogP contribution >= 0.6 is 0 Å². The molecule has 11 nitrogen and oxygen atoms in total. The normalized spacial score (nSPS) is 5.00. The van der Waals surface area contributed by atoms with Crippen molar-refractivity contribution in [2.45, 2.75) is 27.7 Å². The molecule has 10 N–H and O–H groups in total. The second-order valence-electron chi connectivity index (χ2n) is 2.08. The van der Waals surface area contributed by atoms with Gasteiger partial charge in [0.1, 0.15) is 0 Å². The number of carbonyl (C=O) groups is 4. The molecule has 0 aliphatic heterocycles. The molecule has 0 unspecified atom stereocenters. The van der Waals surface area contributed by atoms with Gasteiger partial charge in [-0.25, -0.2) is 0 Å². The Labute approximate surface area is 138 Å². The zero-order chi connectivity index (χ0) is 14.3. The monoisotopic (exact) mass is 318 g/mol. The van der Waals surface area contributed by atoms with Crippen molar-refractivity contribution >= 4 is 23.9 Å². The predicted molar refractivity (Wildman–Crippen MR) is 65.2 cm³/mol. The summed E-state index contributed by atoms with van der Waals surface area (Å²) >= 11 is 0. The summed E-state index contributed by atoms with van der Waals surface area (Å²) in [6, 6.07) is 0. The molecule has 0 aromatic heterocycles. The standard InChI is InChI=1S/4C2H4O2.Na.3H2O.H/c4*1-2(3)4;;;;;/h4*1H3,(H,3,4);;3*1H2;/q;;;;+1;;;;-1. The summed E-state index contributed by atoms with van der Waals surface area (Å²) in [5, 5.41) is 29.7. The minimum atomic E-state index is -0.833. The van der Waals surface area contributed by atoms with Gasteiger partial charge in [-0.3, -0.25) is 19.2 Å². The average molecular weight is 318 g/mol. The van der Waals surface area contributed by atoms with E-state index in [0.29, 0.717) is 0 Å². The van der Waals surface area contributed by atoms with Crippen LogP contribution in [0.4, 0.5) is 0 Å². The summed E-state index contributed by atoms with van der Waals surface area (Å²) in [4.78, 5) is 36.0. The molecule has 20 heavy (non-hydrogen) atoms. The van der Waals surface area contributed by atoms with Gasteiger partial charge < -0.3 is 38.3 Å². The summed E-state index contributed by atoms with van der Waals surface area (Å²) in [6.45, 7) is 4.33. The number of hydrogen-bond acceptors (Lipinski definition) is 4. The summed E-state index contributed by atoms with van der Waals surface area (Å²) in [7, 11) is 0. The molecular formula is C8H23NaO11. The molecule has 0 aromatic carbocycles. The van der Waals surface area contributed by atoms with Gasteiger partial charge >= 0.3 is 29.6 Å². The number of rotatable bonds is 0. The molecule has 0 aliphatic carbocycles. The topological polar surface area (TPSA) is 244 Å². The molecule has 122 valence electrons. The minimum absolute atomic E-state index is 0. The first-order chi connectivity index (χ1) is 6.93. The van der Waals surface area contributed by atoms with Gasteiger partial charge in [-0.05, 0) is 0 Å². The van der Waals surface area contributed by atoms with Crippen LogP contribution in [0.5, 0.6) is 0 Å². The zero-order valence-electron chi connectivity index (χ0n) is 12.9. The summed E-state index contributed by atoms with van der Waals surface area (Å²) in [6.07, 6.45) is 0. The van der Waals surface area contributed by atoms with Crippen LogP contribution in [0.25, 0.3) is 0 Å². The Morgan fingerprint density at radius 1 is 0.550 bits per heavy atom. The molecule has 0 aromatic rings. The number of hydrogen-bond donors (Lipinski definition) is 4. The Morgan fingerprint density at radius 2 is 0.550 bits per heavy atom. The van der Waals surface area contributed by atoms with Crippen molar-refractivity contribution in [1.82, 2.24) is 0 Å². The third-order valence-electron chi connectivity index (χ3n) is 0. The number of carboxylic acids is 4. The molecule has 0 saturated heterocycles. The van der Waals surface area contributed by atoms with Gasteiger partial charge in [0.15, 0.2) is 0 Å². The van der Waals surface area contributed by atoms with Crippen LogP contribution in [-0.2, 0) is 19.2 Å². The van der Waals surface area contributed by atoms with Gasteiger partial charge in [0, 0.05) is 27.7 Å². The number of aliphatic carboxylic acids is 4. The molecule has 0 rings (SSSR count). The summed E-state index contributed by atoms with van der Waals surface area (Å²) in [5.41, 5.74) is 0. The van der Waals surface area contributed by atoms with E-state index in [4.69, 9.17) is 39.6 Å². The van der Waals surface area contributed by atoms with Crippen LogP contribution in [0.1, 0.15) is 29.1 Å². The molecule has 0 saturated carbocycles. The molecule has 0 aliphatic rings. The van der Waals surface area contributed by atoms with Crippen molar-refractivity contribution in [2.24, 2.45) is 0 Å². The van der Waals surface area contributed by atoms with Gasteiger partial charge in [-0.15, -0.1) is 0 Å². The number of carboxylic acid groups (broad SMARTS) is 4. The third kappa shape index (κ3) is 2710. The van der Waals surface area contributed by atoms with Gasteiger partial charge in [0.25, 0.3) is 23.9 Å². The first-order valence-electron chi connectivity index (χ1n) is 3.71. The fourth-order valence-corrected chi connectivity index (χ4v) is 0. The van der Waals surface area contributed by atoms with Crippen molar-refractivity contribution < 1.29 is 87.0 Å². The minimum Gasteiger partial charge on any atom is -1.00 e. The average Bonchev–Trinajstić information content (AvgIpc) is 1.76. The quantitative estimate of drug-likeness (QED) is 0.314. The third-order valence-corrected chi connectivity index (χ3v) is 0. The summed E-state index contributed by atoms with van der Waals surface area (Å²) < 4.78 is 0. The fourth-order valence-electron chi connectivity index (χ4n) is 0. The molecule has 0 atom stereocenters. The van der Waals surface area contributed by atoms with Gasteiger partial charge in [0.05, 0.1) is 0 Å². The van der Waals surface area contributed by atoms with Crippen LogP contribution in [0.15, 0.2) is 0 Å². The van der Waals surface area contributed by atoms with E-state index in [0.717, 1.165) is 27.7 Å². The SMILES string of the molecule is CC(=O)O.CC(=O)O.CC(=O)O.CC(=O)O.O.O.O.[H-].[Na+]. The largest absolute Gasteiger partial charge is 1.00 e. The molecule has 12 heteroatoms. The van der Waals surface area contributed by atoms with Gasteiger partial charge in [-0.2, -0.15) is 0 Å². The van der Waals surface area contributed by atoms with E-state index in [2.05, 4.69) is 0 Å². The van der Waals surface area contributed by atoms with E-state index in [9.17, 15) is 0 Å². The van der Waals surface area contributed by atoms with E-state index in [1.807, 2.05) is 0 Å². The molecule has 0 fully saturated rings. The first kappa shape index (κ1) is 51.1. The van der Waals surface area contributed by atoms with Crippen molar-refractivity contribution in [3.05, 3.63) is 0 Å². The van der Waals surface area contributed by atoms with Gasteiger partial charge in [-0.1, -0.05) is 0 Å². The van der Waals surface area contributed by atoms with Crippen molar-refractivity contribution in [2.75, 3.05) is 0 Å². The van der Waals surface area contributed by atoms with Crippen molar-refractivity contribution in [1.29, 1.82) is 0 Å². The maximum Gasteiger partial charge on any atom is 1.00 e. The summed E-state index contributed by atoms with van der Waals surface area (Å²) in [5.74, 6) is -3.33. The Bertz CT molecular complexity index is 170. The maximum atomic E-state index is 9.00.